The molecule has 0 aromatic heterocycles. The van der Waals surface area contributed by atoms with Gasteiger partial charge in [-0.05, 0) is 32.7 Å². The highest BCUT2D eigenvalue weighted by molar-refractivity contribution is 4.81. The molecule has 2 unspecified atom stereocenters. The van der Waals surface area contributed by atoms with E-state index in [1.165, 1.54) is 45.1 Å². The maximum atomic E-state index is 3.63. The van der Waals surface area contributed by atoms with E-state index in [9.17, 15) is 0 Å². The van der Waals surface area contributed by atoms with Crippen LogP contribution in [-0.2, 0) is 0 Å². The first-order valence-electron chi connectivity index (χ1n) is 7.64. The monoisotopic (exact) mass is 240 g/mol. The van der Waals surface area contributed by atoms with Crippen LogP contribution in [0.4, 0.5) is 0 Å². The predicted octanol–water partition coefficient (Wildman–Crippen LogP) is 3.42. The van der Waals surface area contributed by atoms with Gasteiger partial charge >= 0.3 is 0 Å². The molecule has 0 radical (unpaired) electrons. The normalized spacial score (nSPS) is 24.9. The average molecular weight is 240 g/mol. The zero-order valence-corrected chi connectivity index (χ0v) is 12.3. The fraction of sp³-hybridized carbons (Fsp3) is 1.00. The molecule has 0 spiro atoms. The largest absolute Gasteiger partial charge is 0.313 e. The van der Waals surface area contributed by atoms with Gasteiger partial charge in [-0.1, -0.05) is 40.0 Å². The molecular weight excluding hydrogens is 208 g/mol. The number of hydrogen-bond acceptors (Lipinski definition) is 2. The van der Waals surface area contributed by atoms with Crippen LogP contribution in [0.3, 0.4) is 0 Å². The molecule has 2 heteroatoms. The van der Waals surface area contributed by atoms with E-state index in [2.05, 4.69) is 37.9 Å². The lowest BCUT2D eigenvalue weighted by atomic mass is 10.1. The van der Waals surface area contributed by atoms with Crippen LogP contribution in [0.5, 0.6) is 0 Å². The summed E-state index contributed by atoms with van der Waals surface area (Å²) in [6.07, 6.45) is 8.28. The Morgan fingerprint density at radius 2 is 2.00 bits per heavy atom. The number of hydrogen-bond donors (Lipinski definition) is 1. The second-order valence-corrected chi connectivity index (χ2v) is 5.94. The molecule has 2 nitrogen and oxygen atoms in total. The van der Waals surface area contributed by atoms with E-state index in [0.29, 0.717) is 6.04 Å². The molecule has 0 amide bonds. The van der Waals surface area contributed by atoms with Gasteiger partial charge in [-0.25, -0.2) is 0 Å². The van der Waals surface area contributed by atoms with E-state index >= 15 is 0 Å². The number of rotatable bonds is 6. The summed E-state index contributed by atoms with van der Waals surface area (Å²) in [7, 11) is 0. The molecule has 102 valence electrons. The molecule has 1 fully saturated rings. The Morgan fingerprint density at radius 3 is 2.65 bits per heavy atom. The predicted molar refractivity (Wildman–Crippen MR) is 76.5 cm³/mol. The van der Waals surface area contributed by atoms with Gasteiger partial charge < -0.3 is 5.32 Å². The third kappa shape index (κ3) is 5.39. The highest BCUT2D eigenvalue weighted by Crippen LogP contribution is 2.20. The van der Waals surface area contributed by atoms with Gasteiger partial charge in [0.15, 0.2) is 0 Å². The Kier molecular flexibility index (Phi) is 7.14. The molecule has 1 rings (SSSR count). The van der Waals surface area contributed by atoms with Crippen LogP contribution in [-0.4, -0.2) is 36.1 Å². The van der Waals surface area contributed by atoms with Crippen molar-refractivity contribution >= 4 is 0 Å². The summed E-state index contributed by atoms with van der Waals surface area (Å²) in [5, 5.41) is 3.63. The number of nitrogens with one attached hydrogen (secondary N) is 1. The quantitative estimate of drug-likeness (QED) is 0.765. The van der Waals surface area contributed by atoms with E-state index in [4.69, 9.17) is 0 Å². The minimum absolute atomic E-state index is 0.608. The molecule has 0 aromatic carbocycles. The Balaban J connectivity index is 2.52. The summed E-state index contributed by atoms with van der Waals surface area (Å²) in [4.78, 5) is 2.77. The van der Waals surface area contributed by atoms with E-state index in [-0.39, 0.29) is 0 Å². The van der Waals surface area contributed by atoms with Crippen LogP contribution in [0.1, 0.15) is 66.2 Å². The van der Waals surface area contributed by atoms with Crippen LogP contribution >= 0.6 is 0 Å². The van der Waals surface area contributed by atoms with Crippen molar-refractivity contribution in [2.24, 2.45) is 0 Å². The highest BCUT2D eigenvalue weighted by atomic mass is 15.2. The second-order valence-electron chi connectivity index (χ2n) is 5.94. The van der Waals surface area contributed by atoms with E-state index < -0.39 is 0 Å². The van der Waals surface area contributed by atoms with Crippen LogP contribution < -0.4 is 5.32 Å². The second kappa shape index (κ2) is 8.10. The molecule has 0 aliphatic carbocycles. The maximum Gasteiger partial charge on any atom is 0.0223 e. The summed E-state index contributed by atoms with van der Waals surface area (Å²) in [5.74, 6) is 0. The molecule has 0 bridgehead atoms. The van der Waals surface area contributed by atoms with Crippen molar-refractivity contribution in [2.75, 3.05) is 13.1 Å². The topological polar surface area (TPSA) is 15.3 Å². The fourth-order valence-corrected chi connectivity index (χ4v) is 2.93. The lowest BCUT2D eigenvalue weighted by Crippen LogP contribution is -2.47. The highest BCUT2D eigenvalue weighted by Gasteiger charge is 2.24. The third-order valence-corrected chi connectivity index (χ3v) is 3.96. The van der Waals surface area contributed by atoms with Gasteiger partial charge in [0, 0.05) is 24.7 Å². The minimum Gasteiger partial charge on any atom is -0.313 e. The van der Waals surface area contributed by atoms with Gasteiger partial charge in [0.05, 0.1) is 0 Å². The van der Waals surface area contributed by atoms with Gasteiger partial charge in [-0.3, -0.25) is 4.90 Å². The SMILES string of the molecule is CCCC(CNC(C)C)N1CCCCCC1C. The molecule has 17 heavy (non-hydrogen) atoms. The molecule has 1 aliphatic heterocycles. The van der Waals surface area contributed by atoms with Gasteiger partial charge in [0.1, 0.15) is 0 Å². The first kappa shape index (κ1) is 15.0. The van der Waals surface area contributed by atoms with Crippen molar-refractivity contribution in [1.29, 1.82) is 0 Å². The summed E-state index contributed by atoms with van der Waals surface area (Å²) in [6, 6.07) is 2.13. The summed E-state index contributed by atoms with van der Waals surface area (Å²) in [6.45, 7) is 11.7. The Morgan fingerprint density at radius 1 is 1.24 bits per heavy atom. The molecule has 1 N–H and O–H groups in total. The smallest absolute Gasteiger partial charge is 0.0223 e. The van der Waals surface area contributed by atoms with E-state index in [0.717, 1.165) is 18.6 Å². The molecule has 0 saturated carbocycles. The maximum absolute atomic E-state index is 3.63. The van der Waals surface area contributed by atoms with Crippen molar-refractivity contribution in [3.63, 3.8) is 0 Å². The van der Waals surface area contributed by atoms with Crippen LogP contribution in [0.25, 0.3) is 0 Å². The molecular formula is C15H32N2. The van der Waals surface area contributed by atoms with Crippen molar-refractivity contribution < 1.29 is 0 Å². The standard InChI is InChI=1S/C15H32N2/c1-5-9-15(12-16-13(2)3)17-11-8-6-7-10-14(17)4/h13-16H,5-12H2,1-4H3. The molecule has 1 saturated heterocycles. The Hall–Kier alpha value is -0.0800. The van der Waals surface area contributed by atoms with E-state index in [1.54, 1.807) is 0 Å². The summed E-state index contributed by atoms with van der Waals surface area (Å²) >= 11 is 0. The average Bonchev–Trinajstić information content (AvgIpc) is 2.49. The lowest BCUT2D eigenvalue weighted by Gasteiger charge is -2.36. The molecule has 0 aromatic rings. The fourth-order valence-electron chi connectivity index (χ4n) is 2.93. The van der Waals surface area contributed by atoms with Crippen LogP contribution in [0, 0.1) is 0 Å². The summed E-state index contributed by atoms with van der Waals surface area (Å²) in [5.41, 5.74) is 0. The van der Waals surface area contributed by atoms with Gasteiger partial charge in [0.25, 0.3) is 0 Å². The number of nitrogens with zero attached hydrogens (tertiary/aromatic N) is 1. The Labute approximate surface area is 108 Å². The van der Waals surface area contributed by atoms with Crippen molar-refractivity contribution in [3.8, 4) is 0 Å². The van der Waals surface area contributed by atoms with Gasteiger partial charge in [0.2, 0.25) is 0 Å². The zero-order chi connectivity index (χ0) is 12.7. The van der Waals surface area contributed by atoms with Gasteiger partial charge in [-0.15, -0.1) is 0 Å². The lowest BCUT2D eigenvalue weighted by molar-refractivity contribution is 0.134. The molecule has 1 aliphatic rings. The number of likely N-dealkylation sites (tertiary alicyclic amines) is 1. The third-order valence-electron chi connectivity index (χ3n) is 3.96. The van der Waals surface area contributed by atoms with Crippen molar-refractivity contribution in [3.05, 3.63) is 0 Å². The minimum atomic E-state index is 0.608. The first-order valence-corrected chi connectivity index (χ1v) is 7.64. The Bertz CT molecular complexity index is 191. The van der Waals surface area contributed by atoms with Crippen molar-refractivity contribution in [2.45, 2.75) is 84.3 Å². The summed E-state index contributed by atoms with van der Waals surface area (Å²) < 4.78 is 0. The first-order chi connectivity index (χ1) is 8.15. The zero-order valence-electron chi connectivity index (χ0n) is 12.3. The van der Waals surface area contributed by atoms with Crippen LogP contribution in [0.2, 0.25) is 0 Å². The van der Waals surface area contributed by atoms with Crippen molar-refractivity contribution in [1.82, 2.24) is 10.2 Å². The van der Waals surface area contributed by atoms with E-state index in [1.807, 2.05) is 0 Å². The molecule has 2 atom stereocenters. The van der Waals surface area contributed by atoms with Crippen LogP contribution in [0.15, 0.2) is 0 Å². The molecule has 1 heterocycles. The van der Waals surface area contributed by atoms with Gasteiger partial charge in [-0.2, -0.15) is 0 Å².